The molecule has 11 heteroatoms. The third kappa shape index (κ3) is 4.14. The number of nitrogens with zero attached hydrogens (tertiary/aromatic N) is 4. The number of methoxy groups -OCH3 is 1. The van der Waals surface area contributed by atoms with Gasteiger partial charge in [-0.1, -0.05) is 0 Å². The van der Waals surface area contributed by atoms with Gasteiger partial charge in [0.2, 0.25) is 5.95 Å². The number of anilines is 1. The van der Waals surface area contributed by atoms with Crippen molar-refractivity contribution in [1.29, 1.82) is 0 Å². The molecule has 0 saturated carbocycles. The third-order valence-electron chi connectivity index (χ3n) is 5.68. The van der Waals surface area contributed by atoms with E-state index in [2.05, 4.69) is 9.97 Å². The second-order valence-electron chi connectivity index (χ2n) is 7.48. The smallest absolute Gasteiger partial charge is 0.225 e. The van der Waals surface area contributed by atoms with Crippen LogP contribution in [0.1, 0.15) is 0 Å². The van der Waals surface area contributed by atoms with Crippen molar-refractivity contribution in [3.8, 4) is 5.75 Å². The second-order valence-corrected chi connectivity index (χ2v) is 11.8. The highest BCUT2D eigenvalue weighted by Gasteiger charge is 2.48. The van der Waals surface area contributed by atoms with Gasteiger partial charge in [0.05, 0.1) is 28.8 Å². The summed E-state index contributed by atoms with van der Waals surface area (Å²) in [5.74, 6) is 0.672. The quantitative estimate of drug-likeness (QED) is 0.630. The Morgan fingerprint density at radius 1 is 1.00 bits per heavy atom. The lowest BCUT2D eigenvalue weighted by atomic mass is 10.2. The largest absolute Gasteiger partial charge is 0.497 e. The molecule has 0 spiro atoms. The Morgan fingerprint density at radius 3 is 2.23 bits per heavy atom. The SMILES string of the molecule is COc1ccc(S(=O)(=O)[C@@H]2CS(=O)(=O)C[C@H]2N2CCN(c3ncccn3)CC2)cc1. The molecule has 0 amide bonds. The first-order valence-corrected chi connectivity index (χ1v) is 13.0. The molecular formula is C19H24N4O5S2. The summed E-state index contributed by atoms with van der Waals surface area (Å²) in [6, 6.07) is 7.27. The zero-order valence-corrected chi connectivity index (χ0v) is 18.2. The van der Waals surface area contributed by atoms with Crippen LogP contribution in [-0.2, 0) is 19.7 Å². The van der Waals surface area contributed by atoms with E-state index in [1.807, 2.05) is 9.80 Å². The maximum atomic E-state index is 13.3. The van der Waals surface area contributed by atoms with Gasteiger partial charge >= 0.3 is 0 Å². The Morgan fingerprint density at radius 2 is 1.63 bits per heavy atom. The summed E-state index contributed by atoms with van der Waals surface area (Å²) < 4.78 is 56.5. The Labute approximate surface area is 176 Å². The van der Waals surface area contributed by atoms with Crippen molar-refractivity contribution in [2.45, 2.75) is 16.2 Å². The van der Waals surface area contributed by atoms with Crippen LogP contribution in [0.5, 0.6) is 5.75 Å². The summed E-state index contributed by atoms with van der Waals surface area (Å²) in [5.41, 5.74) is 0. The van der Waals surface area contributed by atoms with Gasteiger partial charge in [0.1, 0.15) is 5.75 Å². The summed E-state index contributed by atoms with van der Waals surface area (Å²) >= 11 is 0. The second kappa shape index (κ2) is 8.12. The molecule has 0 radical (unpaired) electrons. The summed E-state index contributed by atoms with van der Waals surface area (Å²) in [5, 5.41) is -0.990. The van der Waals surface area contributed by atoms with Crippen LogP contribution in [0.25, 0.3) is 0 Å². The van der Waals surface area contributed by atoms with Gasteiger partial charge in [-0.25, -0.2) is 26.8 Å². The number of sulfone groups is 2. The summed E-state index contributed by atoms with van der Waals surface area (Å²) in [7, 11) is -5.76. The first-order chi connectivity index (χ1) is 14.3. The average molecular weight is 453 g/mol. The molecule has 0 N–H and O–H groups in total. The Bertz CT molecular complexity index is 1080. The summed E-state index contributed by atoms with van der Waals surface area (Å²) in [6.07, 6.45) is 3.35. The lowest BCUT2D eigenvalue weighted by molar-refractivity contribution is 0.201. The minimum absolute atomic E-state index is 0.117. The highest BCUT2D eigenvalue weighted by Crippen LogP contribution is 2.30. The van der Waals surface area contributed by atoms with Crippen LogP contribution in [-0.4, -0.2) is 87.8 Å². The molecule has 9 nitrogen and oxygen atoms in total. The lowest BCUT2D eigenvalue weighted by Crippen LogP contribution is -2.55. The first-order valence-electron chi connectivity index (χ1n) is 9.64. The number of ether oxygens (including phenoxy) is 1. The lowest BCUT2D eigenvalue weighted by Gasteiger charge is -2.39. The minimum Gasteiger partial charge on any atom is -0.497 e. The molecule has 1 aromatic heterocycles. The fraction of sp³-hybridized carbons (Fsp3) is 0.474. The van der Waals surface area contributed by atoms with Crippen LogP contribution >= 0.6 is 0 Å². The van der Waals surface area contributed by atoms with E-state index in [1.165, 1.54) is 19.2 Å². The maximum absolute atomic E-state index is 13.3. The van der Waals surface area contributed by atoms with Gasteiger partial charge in [-0.2, -0.15) is 0 Å². The van der Waals surface area contributed by atoms with Gasteiger partial charge in [0, 0.05) is 44.6 Å². The van der Waals surface area contributed by atoms with Crippen LogP contribution in [0.15, 0.2) is 47.6 Å². The van der Waals surface area contributed by atoms with Crippen LogP contribution in [0, 0.1) is 0 Å². The summed E-state index contributed by atoms with van der Waals surface area (Å²) in [4.78, 5) is 12.6. The zero-order valence-electron chi connectivity index (χ0n) is 16.6. The molecule has 2 aliphatic rings. The van der Waals surface area contributed by atoms with Gasteiger partial charge < -0.3 is 9.64 Å². The molecule has 3 heterocycles. The van der Waals surface area contributed by atoms with Crippen molar-refractivity contribution in [2.75, 3.05) is 49.7 Å². The monoisotopic (exact) mass is 452 g/mol. The van der Waals surface area contributed by atoms with Crippen LogP contribution < -0.4 is 9.64 Å². The van der Waals surface area contributed by atoms with E-state index >= 15 is 0 Å². The van der Waals surface area contributed by atoms with Crippen LogP contribution in [0.4, 0.5) is 5.95 Å². The van der Waals surface area contributed by atoms with Crippen molar-refractivity contribution in [3.05, 3.63) is 42.7 Å². The molecule has 162 valence electrons. The molecule has 2 fully saturated rings. The molecule has 2 aromatic rings. The molecule has 30 heavy (non-hydrogen) atoms. The standard InChI is InChI=1S/C19H24N4O5S2/c1-28-15-3-5-16(6-4-15)30(26,27)18-14-29(24,25)13-17(18)22-9-11-23(12-10-22)19-20-7-2-8-21-19/h2-8,17-18H,9-14H2,1H3/t17-,18-/m1/s1. The Hall–Kier alpha value is -2.24. The van der Waals surface area contributed by atoms with E-state index < -0.39 is 31.0 Å². The highest BCUT2D eigenvalue weighted by atomic mass is 32.2. The van der Waals surface area contributed by atoms with Crippen LogP contribution in [0.3, 0.4) is 0 Å². The zero-order chi connectivity index (χ0) is 21.4. The molecule has 0 bridgehead atoms. The van der Waals surface area contributed by atoms with Gasteiger partial charge in [-0.15, -0.1) is 0 Å². The fourth-order valence-corrected chi connectivity index (χ4v) is 8.91. The molecule has 2 atom stereocenters. The number of benzene rings is 1. The van der Waals surface area contributed by atoms with E-state index in [0.717, 1.165) is 0 Å². The molecule has 2 saturated heterocycles. The molecule has 4 rings (SSSR count). The van der Waals surface area contributed by atoms with Crippen LogP contribution in [0.2, 0.25) is 0 Å². The molecular weight excluding hydrogens is 428 g/mol. The predicted molar refractivity (Wildman–Crippen MR) is 112 cm³/mol. The van der Waals surface area contributed by atoms with Crippen molar-refractivity contribution < 1.29 is 21.6 Å². The fourth-order valence-electron chi connectivity index (χ4n) is 4.08. The van der Waals surface area contributed by atoms with Crippen molar-refractivity contribution in [1.82, 2.24) is 14.9 Å². The number of aromatic nitrogens is 2. The van der Waals surface area contributed by atoms with Crippen molar-refractivity contribution >= 4 is 25.6 Å². The number of hydrogen-bond donors (Lipinski definition) is 0. The average Bonchev–Trinajstić information content (AvgIpc) is 3.11. The Balaban J connectivity index is 1.54. The Kier molecular flexibility index (Phi) is 5.69. The van der Waals surface area contributed by atoms with E-state index in [9.17, 15) is 16.8 Å². The molecule has 0 aliphatic carbocycles. The van der Waals surface area contributed by atoms with E-state index in [4.69, 9.17) is 4.74 Å². The van der Waals surface area contributed by atoms with Gasteiger partial charge in [-0.3, -0.25) is 4.90 Å². The molecule has 0 unspecified atom stereocenters. The number of piperazine rings is 1. The van der Waals surface area contributed by atoms with Gasteiger partial charge in [-0.05, 0) is 30.3 Å². The van der Waals surface area contributed by atoms with E-state index in [-0.39, 0.29) is 16.4 Å². The van der Waals surface area contributed by atoms with Gasteiger partial charge in [0.15, 0.2) is 19.7 Å². The van der Waals surface area contributed by atoms with E-state index in [1.54, 1.807) is 30.6 Å². The van der Waals surface area contributed by atoms with Crippen molar-refractivity contribution in [3.63, 3.8) is 0 Å². The maximum Gasteiger partial charge on any atom is 0.225 e. The summed E-state index contributed by atoms with van der Waals surface area (Å²) in [6.45, 7) is 2.31. The normalized spacial score (nSPS) is 24.6. The van der Waals surface area contributed by atoms with Crippen molar-refractivity contribution in [2.24, 2.45) is 0 Å². The predicted octanol–water partition coefficient (Wildman–Crippen LogP) is 0.247. The molecule has 1 aromatic carbocycles. The number of hydrogen-bond acceptors (Lipinski definition) is 9. The third-order valence-corrected chi connectivity index (χ3v) is 9.81. The van der Waals surface area contributed by atoms with Gasteiger partial charge in [0.25, 0.3) is 0 Å². The molecule has 2 aliphatic heterocycles. The number of rotatable bonds is 5. The first kappa shape index (κ1) is 21.0. The highest BCUT2D eigenvalue weighted by molar-refractivity contribution is 7.96. The topological polar surface area (TPSA) is 110 Å². The van der Waals surface area contributed by atoms with E-state index in [0.29, 0.717) is 37.9 Å². The minimum atomic E-state index is -3.81.